The van der Waals surface area contributed by atoms with Crippen molar-refractivity contribution >= 4 is 5.95 Å². The van der Waals surface area contributed by atoms with Crippen molar-refractivity contribution in [2.75, 3.05) is 11.6 Å². The van der Waals surface area contributed by atoms with Crippen molar-refractivity contribution in [1.82, 2.24) is 14.5 Å². The van der Waals surface area contributed by atoms with Crippen LogP contribution < -0.4 is 16.5 Å². The van der Waals surface area contributed by atoms with Crippen LogP contribution in [0.5, 0.6) is 0 Å². The van der Waals surface area contributed by atoms with E-state index in [0.29, 0.717) is 12.4 Å². The number of rotatable bonds is 5. The summed E-state index contributed by atoms with van der Waals surface area (Å²) in [6.45, 7) is 6.04. The fourth-order valence-corrected chi connectivity index (χ4v) is 2.08. The third-order valence-corrected chi connectivity index (χ3v) is 3.23. The highest BCUT2D eigenvalue weighted by molar-refractivity contribution is 5.61. The molecule has 0 atom stereocenters. The molecular weight excluding hydrogens is 266 g/mol. The van der Waals surface area contributed by atoms with Gasteiger partial charge < -0.3 is 0 Å². The minimum atomic E-state index is -0.389. The van der Waals surface area contributed by atoms with Gasteiger partial charge in [-0.05, 0) is 12.0 Å². The molecule has 110 valence electrons. The van der Waals surface area contributed by atoms with Gasteiger partial charge in [0.2, 0.25) is 5.95 Å². The molecule has 1 aromatic heterocycles. The quantitative estimate of drug-likeness (QED) is 0.508. The first-order chi connectivity index (χ1) is 10.1. The van der Waals surface area contributed by atoms with Crippen LogP contribution in [0.4, 0.5) is 5.95 Å². The lowest BCUT2D eigenvalue weighted by Crippen LogP contribution is -2.36. The summed E-state index contributed by atoms with van der Waals surface area (Å²) in [5.41, 5.74) is 1.64. The third-order valence-electron chi connectivity index (χ3n) is 3.23. The zero-order chi connectivity index (χ0) is 15.4. The standard InChI is InChI=1S/C15H19N5O/c1-4-10-20(16)14-17-13(19(3)15(21)18-14)12-9-7-6-8-11(12)5-2/h4,6-9H,1,5,10,16H2,2-3H3. The molecule has 0 unspecified atom stereocenters. The fourth-order valence-electron chi connectivity index (χ4n) is 2.08. The molecule has 0 amide bonds. The number of nitrogens with zero attached hydrogens (tertiary/aromatic N) is 4. The Hall–Kier alpha value is -2.47. The highest BCUT2D eigenvalue weighted by Gasteiger charge is 2.14. The largest absolute Gasteiger partial charge is 0.352 e. The van der Waals surface area contributed by atoms with E-state index in [0.717, 1.165) is 17.5 Å². The molecule has 0 bridgehead atoms. The number of anilines is 1. The predicted molar refractivity (Wildman–Crippen MR) is 83.8 cm³/mol. The number of hydrogen-bond donors (Lipinski definition) is 1. The van der Waals surface area contributed by atoms with E-state index in [9.17, 15) is 4.79 Å². The molecule has 2 rings (SSSR count). The molecule has 0 spiro atoms. The molecular formula is C15H19N5O. The summed E-state index contributed by atoms with van der Waals surface area (Å²) in [5.74, 6) is 6.58. The van der Waals surface area contributed by atoms with Gasteiger partial charge in [0, 0.05) is 12.6 Å². The van der Waals surface area contributed by atoms with Gasteiger partial charge in [-0.1, -0.05) is 37.3 Å². The predicted octanol–water partition coefficient (Wildman–Crippen LogP) is 1.27. The molecule has 2 N–H and O–H groups in total. The zero-order valence-electron chi connectivity index (χ0n) is 12.3. The van der Waals surface area contributed by atoms with Crippen molar-refractivity contribution in [3.8, 4) is 11.4 Å². The van der Waals surface area contributed by atoms with Gasteiger partial charge in [0.25, 0.3) is 0 Å². The second-order valence-corrected chi connectivity index (χ2v) is 4.64. The number of hydrazine groups is 1. The van der Waals surface area contributed by atoms with E-state index in [-0.39, 0.29) is 11.6 Å². The summed E-state index contributed by atoms with van der Waals surface area (Å²) in [6, 6.07) is 7.85. The Balaban J connectivity index is 2.62. The Morgan fingerprint density at radius 2 is 2.10 bits per heavy atom. The summed E-state index contributed by atoms with van der Waals surface area (Å²) in [4.78, 5) is 20.4. The van der Waals surface area contributed by atoms with Gasteiger partial charge in [-0.15, -0.1) is 6.58 Å². The smallest absolute Gasteiger partial charge is 0.279 e. The van der Waals surface area contributed by atoms with Gasteiger partial charge in [-0.2, -0.15) is 9.97 Å². The van der Waals surface area contributed by atoms with Crippen LogP contribution in [0.25, 0.3) is 11.4 Å². The Morgan fingerprint density at radius 3 is 2.76 bits per heavy atom. The van der Waals surface area contributed by atoms with Crippen molar-refractivity contribution < 1.29 is 0 Å². The molecule has 0 radical (unpaired) electrons. The highest BCUT2D eigenvalue weighted by atomic mass is 16.1. The van der Waals surface area contributed by atoms with E-state index in [4.69, 9.17) is 5.84 Å². The van der Waals surface area contributed by atoms with Crippen molar-refractivity contribution in [2.45, 2.75) is 13.3 Å². The number of benzene rings is 1. The Morgan fingerprint density at radius 1 is 1.38 bits per heavy atom. The average molecular weight is 285 g/mol. The topological polar surface area (TPSA) is 77.0 Å². The molecule has 6 heteroatoms. The highest BCUT2D eigenvalue weighted by Crippen LogP contribution is 2.21. The molecule has 1 heterocycles. The molecule has 21 heavy (non-hydrogen) atoms. The number of aryl methyl sites for hydroxylation is 1. The third kappa shape index (κ3) is 3.00. The summed E-state index contributed by atoms with van der Waals surface area (Å²) >= 11 is 0. The lowest BCUT2D eigenvalue weighted by molar-refractivity contribution is 0.754. The van der Waals surface area contributed by atoms with E-state index in [2.05, 4.69) is 23.5 Å². The van der Waals surface area contributed by atoms with E-state index < -0.39 is 0 Å². The minimum Gasteiger partial charge on any atom is -0.279 e. The lowest BCUT2D eigenvalue weighted by atomic mass is 10.0. The maximum absolute atomic E-state index is 12.0. The molecule has 0 saturated heterocycles. The Bertz CT molecular complexity index is 707. The molecule has 1 aromatic carbocycles. The average Bonchev–Trinajstić information content (AvgIpc) is 2.50. The van der Waals surface area contributed by atoms with Crippen LogP contribution in [0.1, 0.15) is 12.5 Å². The number of hydrogen-bond acceptors (Lipinski definition) is 5. The number of aromatic nitrogens is 3. The second-order valence-electron chi connectivity index (χ2n) is 4.64. The van der Waals surface area contributed by atoms with Gasteiger partial charge in [0.15, 0.2) is 0 Å². The van der Waals surface area contributed by atoms with Crippen LogP contribution in [0.3, 0.4) is 0 Å². The summed E-state index contributed by atoms with van der Waals surface area (Å²) in [5, 5.41) is 1.30. The maximum Gasteiger partial charge on any atom is 0.352 e. The lowest BCUT2D eigenvalue weighted by Gasteiger charge is -2.17. The van der Waals surface area contributed by atoms with Crippen LogP contribution >= 0.6 is 0 Å². The molecule has 6 nitrogen and oxygen atoms in total. The molecule has 0 aliphatic heterocycles. The summed E-state index contributed by atoms with van der Waals surface area (Å²) in [6.07, 6.45) is 2.48. The van der Waals surface area contributed by atoms with Crippen LogP contribution in [0, 0.1) is 0 Å². The second kappa shape index (κ2) is 6.32. The van der Waals surface area contributed by atoms with Crippen LogP contribution in [0.2, 0.25) is 0 Å². The van der Waals surface area contributed by atoms with Crippen molar-refractivity contribution in [2.24, 2.45) is 12.9 Å². The maximum atomic E-state index is 12.0. The normalized spacial score (nSPS) is 10.4. The fraction of sp³-hybridized carbons (Fsp3) is 0.267. The van der Waals surface area contributed by atoms with Gasteiger partial charge >= 0.3 is 5.69 Å². The van der Waals surface area contributed by atoms with Crippen molar-refractivity contribution in [3.63, 3.8) is 0 Å². The first-order valence-electron chi connectivity index (χ1n) is 6.75. The zero-order valence-corrected chi connectivity index (χ0v) is 12.3. The SMILES string of the molecule is C=CCN(N)c1nc(-c2ccccc2CC)n(C)c(=O)n1. The van der Waals surface area contributed by atoms with Gasteiger partial charge in [-0.3, -0.25) is 9.58 Å². The van der Waals surface area contributed by atoms with Crippen molar-refractivity contribution in [3.05, 3.63) is 53.0 Å². The Kier molecular flexibility index (Phi) is 4.49. The van der Waals surface area contributed by atoms with E-state index >= 15 is 0 Å². The van der Waals surface area contributed by atoms with Crippen molar-refractivity contribution in [1.29, 1.82) is 0 Å². The Labute approximate surface area is 123 Å². The van der Waals surface area contributed by atoms with Crippen LogP contribution in [-0.4, -0.2) is 21.1 Å². The monoisotopic (exact) mass is 285 g/mol. The van der Waals surface area contributed by atoms with E-state index in [1.54, 1.807) is 13.1 Å². The summed E-state index contributed by atoms with van der Waals surface area (Å²) in [7, 11) is 1.66. The minimum absolute atomic E-state index is 0.193. The van der Waals surface area contributed by atoms with Crippen LogP contribution in [-0.2, 0) is 13.5 Å². The molecule has 2 aromatic rings. The molecule has 0 aliphatic rings. The summed E-state index contributed by atoms with van der Waals surface area (Å²) < 4.78 is 1.43. The van der Waals surface area contributed by atoms with Gasteiger partial charge in [0.1, 0.15) is 5.82 Å². The first kappa shape index (κ1) is 14.9. The van der Waals surface area contributed by atoms with E-state index in [1.165, 1.54) is 9.58 Å². The molecule has 0 saturated carbocycles. The molecule has 0 aliphatic carbocycles. The van der Waals surface area contributed by atoms with E-state index in [1.807, 2.05) is 24.3 Å². The van der Waals surface area contributed by atoms with Crippen LogP contribution in [0.15, 0.2) is 41.7 Å². The van der Waals surface area contributed by atoms with Gasteiger partial charge in [-0.25, -0.2) is 10.6 Å². The molecule has 0 fully saturated rings. The first-order valence-corrected chi connectivity index (χ1v) is 6.75. The van der Waals surface area contributed by atoms with Gasteiger partial charge in [0.05, 0.1) is 6.54 Å². The number of nitrogens with two attached hydrogens (primary N) is 1.